The van der Waals surface area contributed by atoms with E-state index in [4.69, 9.17) is 0 Å². The summed E-state index contributed by atoms with van der Waals surface area (Å²) in [5.74, 6) is 0. The van der Waals surface area contributed by atoms with Gasteiger partial charge in [0.25, 0.3) is 0 Å². The topological polar surface area (TPSA) is 61.4 Å². The lowest BCUT2D eigenvalue weighted by Crippen LogP contribution is -2.32. The van der Waals surface area contributed by atoms with Crippen molar-refractivity contribution in [1.29, 1.82) is 0 Å². The lowest BCUT2D eigenvalue weighted by Gasteiger charge is -2.12. The number of urea groups is 1. The van der Waals surface area contributed by atoms with Gasteiger partial charge in [-0.25, -0.2) is 4.79 Å². The molecule has 0 radical (unpaired) electrons. The first-order chi connectivity index (χ1) is 11.6. The molecule has 1 unspecified atom stereocenters. The molecule has 3 N–H and O–H groups in total. The van der Waals surface area contributed by atoms with Crippen molar-refractivity contribution in [3.8, 4) is 9.75 Å². The number of aryl methyl sites for hydroxylation is 1. The molecule has 124 valence electrons. The maximum absolute atomic E-state index is 12.0. The van der Waals surface area contributed by atoms with E-state index in [1.165, 1.54) is 4.88 Å². The van der Waals surface area contributed by atoms with Crippen LogP contribution in [0.2, 0.25) is 0 Å². The van der Waals surface area contributed by atoms with E-state index in [0.717, 1.165) is 21.0 Å². The second-order valence-corrected chi connectivity index (χ2v) is 7.41. The van der Waals surface area contributed by atoms with Crippen LogP contribution >= 0.6 is 22.7 Å². The molecule has 2 amide bonds. The summed E-state index contributed by atoms with van der Waals surface area (Å²) in [5, 5.41) is 17.8. The third-order valence-corrected chi connectivity index (χ3v) is 5.82. The van der Waals surface area contributed by atoms with E-state index in [1.807, 2.05) is 54.8 Å². The monoisotopic (exact) mass is 358 g/mol. The molecule has 0 aliphatic rings. The van der Waals surface area contributed by atoms with Crippen molar-refractivity contribution in [1.82, 2.24) is 5.32 Å². The van der Waals surface area contributed by atoms with Crippen LogP contribution in [0.4, 0.5) is 10.5 Å². The Labute approximate surface area is 148 Å². The zero-order valence-corrected chi connectivity index (χ0v) is 14.8. The first-order valence-corrected chi connectivity index (χ1v) is 9.25. The number of carbonyl (C=O) groups is 1. The van der Waals surface area contributed by atoms with Crippen molar-refractivity contribution in [2.45, 2.75) is 13.0 Å². The molecule has 0 saturated carbocycles. The van der Waals surface area contributed by atoms with Crippen LogP contribution in [0.3, 0.4) is 0 Å². The van der Waals surface area contributed by atoms with Crippen molar-refractivity contribution >= 4 is 34.4 Å². The maximum Gasteiger partial charge on any atom is 0.319 e. The van der Waals surface area contributed by atoms with Gasteiger partial charge in [0.05, 0.1) is 6.54 Å². The number of benzene rings is 1. The number of amides is 2. The molecule has 0 aliphatic carbocycles. The SMILES string of the molecule is Cc1ccccc1NC(=O)NCC(O)c1ccc(-c2cccs2)s1. The summed E-state index contributed by atoms with van der Waals surface area (Å²) in [6, 6.07) is 15.2. The van der Waals surface area contributed by atoms with E-state index in [0.29, 0.717) is 0 Å². The predicted octanol–water partition coefficient (Wildman–Crippen LogP) is 4.64. The number of anilines is 1. The van der Waals surface area contributed by atoms with Gasteiger partial charge in [-0.1, -0.05) is 24.3 Å². The average molecular weight is 358 g/mol. The highest BCUT2D eigenvalue weighted by atomic mass is 32.1. The molecule has 4 nitrogen and oxygen atoms in total. The average Bonchev–Trinajstić information content (AvgIpc) is 3.25. The van der Waals surface area contributed by atoms with Crippen molar-refractivity contribution in [3.05, 3.63) is 64.4 Å². The fourth-order valence-electron chi connectivity index (χ4n) is 2.25. The minimum Gasteiger partial charge on any atom is -0.386 e. The molecular formula is C18H18N2O2S2. The smallest absolute Gasteiger partial charge is 0.319 e. The van der Waals surface area contributed by atoms with Gasteiger partial charge >= 0.3 is 6.03 Å². The molecule has 2 heterocycles. The maximum atomic E-state index is 12.0. The van der Waals surface area contributed by atoms with Gasteiger partial charge in [0.1, 0.15) is 6.10 Å². The molecule has 3 rings (SSSR count). The number of aliphatic hydroxyl groups excluding tert-OH is 1. The van der Waals surface area contributed by atoms with Crippen LogP contribution < -0.4 is 10.6 Å². The van der Waals surface area contributed by atoms with Gasteiger partial charge in [-0.3, -0.25) is 0 Å². The molecule has 3 aromatic rings. The molecule has 1 aromatic carbocycles. The van der Waals surface area contributed by atoms with Crippen LogP contribution in [-0.2, 0) is 0 Å². The van der Waals surface area contributed by atoms with Crippen LogP contribution in [0.5, 0.6) is 0 Å². The molecular weight excluding hydrogens is 340 g/mol. The van der Waals surface area contributed by atoms with E-state index in [-0.39, 0.29) is 12.6 Å². The summed E-state index contributed by atoms with van der Waals surface area (Å²) in [6.45, 7) is 2.10. The lowest BCUT2D eigenvalue weighted by atomic mass is 10.2. The van der Waals surface area contributed by atoms with Crippen molar-refractivity contribution < 1.29 is 9.90 Å². The first-order valence-electron chi connectivity index (χ1n) is 7.55. The van der Waals surface area contributed by atoms with Crippen LogP contribution in [0.15, 0.2) is 53.9 Å². The summed E-state index contributed by atoms with van der Waals surface area (Å²) in [5.41, 5.74) is 1.76. The molecule has 1 atom stereocenters. The molecule has 0 saturated heterocycles. The second-order valence-electron chi connectivity index (χ2n) is 5.35. The summed E-state index contributed by atoms with van der Waals surface area (Å²) in [7, 11) is 0. The summed E-state index contributed by atoms with van der Waals surface area (Å²) in [6.07, 6.45) is -0.716. The van der Waals surface area contributed by atoms with Gasteiger partial charge in [0.15, 0.2) is 0 Å². The molecule has 6 heteroatoms. The summed E-state index contributed by atoms with van der Waals surface area (Å²) < 4.78 is 0. The van der Waals surface area contributed by atoms with E-state index >= 15 is 0 Å². The van der Waals surface area contributed by atoms with Gasteiger partial charge < -0.3 is 15.7 Å². The minimum atomic E-state index is -0.716. The van der Waals surface area contributed by atoms with E-state index in [9.17, 15) is 9.90 Å². The van der Waals surface area contributed by atoms with E-state index in [1.54, 1.807) is 22.7 Å². The first kappa shape index (κ1) is 16.7. The lowest BCUT2D eigenvalue weighted by molar-refractivity contribution is 0.178. The van der Waals surface area contributed by atoms with Gasteiger partial charge in [0, 0.05) is 20.3 Å². The Morgan fingerprint density at radius 2 is 1.96 bits per heavy atom. The summed E-state index contributed by atoms with van der Waals surface area (Å²) in [4.78, 5) is 15.1. The molecule has 0 bridgehead atoms. The number of aliphatic hydroxyl groups is 1. The molecule has 0 aliphatic heterocycles. The van der Waals surface area contributed by atoms with Crippen LogP contribution in [0.25, 0.3) is 9.75 Å². The number of thiophene rings is 2. The van der Waals surface area contributed by atoms with Crippen LogP contribution in [0, 0.1) is 6.92 Å². The standard InChI is InChI=1S/C18H18N2O2S2/c1-12-5-2-3-6-13(12)20-18(22)19-11-14(21)15-8-9-17(24-15)16-7-4-10-23-16/h2-10,14,21H,11H2,1H3,(H2,19,20,22). The summed E-state index contributed by atoms with van der Waals surface area (Å²) >= 11 is 3.22. The third-order valence-electron chi connectivity index (χ3n) is 3.57. The Bertz CT molecular complexity index is 812. The third kappa shape index (κ3) is 4.03. The Kier molecular flexibility index (Phi) is 5.30. The number of hydrogen-bond donors (Lipinski definition) is 3. The highest BCUT2D eigenvalue weighted by Crippen LogP contribution is 2.33. The Morgan fingerprint density at radius 3 is 2.71 bits per heavy atom. The molecule has 0 spiro atoms. The van der Waals surface area contributed by atoms with E-state index < -0.39 is 6.10 Å². The molecule has 24 heavy (non-hydrogen) atoms. The van der Waals surface area contributed by atoms with Crippen molar-refractivity contribution in [2.75, 3.05) is 11.9 Å². The second kappa shape index (κ2) is 7.61. The largest absolute Gasteiger partial charge is 0.386 e. The van der Waals surface area contributed by atoms with Crippen molar-refractivity contribution in [3.63, 3.8) is 0 Å². The van der Waals surface area contributed by atoms with Gasteiger partial charge in [0.2, 0.25) is 0 Å². The minimum absolute atomic E-state index is 0.169. The highest BCUT2D eigenvalue weighted by Gasteiger charge is 2.13. The predicted molar refractivity (Wildman–Crippen MR) is 101 cm³/mol. The number of carbonyl (C=O) groups excluding carboxylic acids is 1. The highest BCUT2D eigenvalue weighted by molar-refractivity contribution is 7.21. The number of para-hydroxylation sites is 1. The Morgan fingerprint density at radius 1 is 1.12 bits per heavy atom. The number of rotatable bonds is 5. The van der Waals surface area contributed by atoms with E-state index in [2.05, 4.69) is 16.7 Å². The van der Waals surface area contributed by atoms with Gasteiger partial charge in [-0.15, -0.1) is 22.7 Å². The fraction of sp³-hybridized carbons (Fsp3) is 0.167. The fourth-order valence-corrected chi connectivity index (χ4v) is 4.08. The quantitative estimate of drug-likeness (QED) is 0.622. The van der Waals surface area contributed by atoms with Gasteiger partial charge in [-0.05, 0) is 42.1 Å². The Hall–Kier alpha value is -2.15. The normalized spacial score (nSPS) is 11.9. The van der Waals surface area contributed by atoms with Crippen LogP contribution in [0.1, 0.15) is 16.5 Å². The molecule has 2 aromatic heterocycles. The zero-order valence-electron chi connectivity index (χ0n) is 13.2. The Balaban J connectivity index is 1.55. The zero-order chi connectivity index (χ0) is 16.9. The van der Waals surface area contributed by atoms with Crippen LogP contribution in [-0.4, -0.2) is 17.7 Å². The van der Waals surface area contributed by atoms with Gasteiger partial charge in [-0.2, -0.15) is 0 Å². The number of hydrogen-bond acceptors (Lipinski definition) is 4. The van der Waals surface area contributed by atoms with Crippen molar-refractivity contribution in [2.24, 2.45) is 0 Å². The number of nitrogens with one attached hydrogen (secondary N) is 2. The molecule has 0 fully saturated rings.